The number of unbranched alkanes of at least 4 members (excludes halogenated alkanes) is 1. The normalized spacial score (nSPS) is 19.4. The van der Waals surface area contributed by atoms with Gasteiger partial charge in [0.15, 0.2) is 0 Å². The minimum Gasteiger partial charge on any atom is -0.481 e. The van der Waals surface area contributed by atoms with Gasteiger partial charge in [-0.2, -0.15) is 0 Å². The van der Waals surface area contributed by atoms with Crippen LogP contribution in [-0.2, 0) is 9.59 Å². The molecule has 1 saturated carbocycles. The van der Waals surface area contributed by atoms with Crippen LogP contribution in [0.4, 0.5) is 0 Å². The average molecular weight is 255 g/mol. The highest BCUT2D eigenvalue weighted by atomic mass is 16.4. The molecule has 0 aromatic rings. The molecular formula is C14H25NO3. The Kier molecular flexibility index (Phi) is 5.63. The number of carboxylic acids is 1. The quantitative estimate of drug-likeness (QED) is 0.735. The molecule has 4 nitrogen and oxygen atoms in total. The van der Waals surface area contributed by atoms with Crippen molar-refractivity contribution in [1.82, 2.24) is 5.32 Å². The maximum absolute atomic E-state index is 11.9. The Morgan fingerprint density at radius 2 is 1.94 bits per heavy atom. The highest BCUT2D eigenvalue weighted by Crippen LogP contribution is 2.41. The molecule has 4 heteroatoms. The molecule has 0 heterocycles. The Labute approximate surface area is 109 Å². The number of aliphatic carboxylic acids is 1. The lowest BCUT2D eigenvalue weighted by Crippen LogP contribution is -2.39. The summed E-state index contributed by atoms with van der Waals surface area (Å²) < 4.78 is 0. The van der Waals surface area contributed by atoms with Crippen molar-refractivity contribution >= 4 is 11.9 Å². The lowest BCUT2D eigenvalue weighted by atomic mass is 9.82. The van der Waals surface area contributed by atoms with Crippen LogP contribution >= 0.6 is 0 Å². The molecule has 0 spiro atoms. The van der Waals surface area contributed by atoms with Crippen LogP contribution in [0.25, 0.3) is 0 Å². The van der Waals surface area contributed by atoms with Gasteiger partial charge in [-0.3, -0.25) is 9.59 Å². The van der Waals surface area contributed by atoms with Crippen molar-refractivity contribution in [3.05, 3.63) is 0 Å². The third kappa shape index (κ3) is 4.00. The lowest BCUT2D eigenvalue weighted by molar-refractivity contribution is -0.151. The maximum atomic E-state index is 11.9. The largest absolute Gasteiger partial charge is 0.481 e. The first kappa shape index (κ1) is 15.0. The van der Waals surface area contributed by atoms with E-state index in [2.05, 4.69) is 12.2 Å². The molecule has 2 N–H and O–H groups in total. The summed E-state index contributed by atoms with van der Waals surface area (Å²) in [6.45, 7) is 4.10. The standard InChI is InChI=1S/C14H25NO3/c1-3-4-7-11(2)15-12(16)10-14(13(17)18)8-5-6-9-14/h11H,3-10H2,1-2H3,(H,15,16)(H,17,18). The molecule has 1 aliphatic carbocycles. The van der Waals surface area contributed by atoms with E-state index in [1.165, 1.54) is 0 Å². The van der Waals surface area contributed by atoms with E-state index in [9.17, 15) is 14.7 Å². The fourth-order valence-electron chi connectivity index (χ4n) is 2.73. The van der Waals surface area contributed by atoms with Crippen molar-refractivity contribution in [2.24, 2.45) is 5.41 Å². The molecule has 1 rings (SSSR count). The van der Waals surface area contributed by atoms with E-state index in [0.29, 0.717) is 12.8 Å². The third-order valence-electron chi connectivity index (χ3n) is 3.91. The molecule has 0 radical (unpaired) electrons. The fourth-order valence-corrected chi connectivity index (χ4v) is 2.73. The van der Waals surface area contributed by atoms with Gasteiger partial charge in [0.1, 0.15) is 0 Å². The summed E-state index contributed by atoms with van der Waals surface area (Å²) in [5.41, 5.74) is -0.797. The molecule has 0 saturated heterocycles. The van der Waals surface area contributed by atoms with Gasteiger partial charge in [-0.1, -0.05) is 32.6 Å². The first-order valence-corrected chi connectivity index (χ1v) is 7.03. The van der Waals surface area contributed by atoms with Crippen molar-refractivity contribution in [3.8, 4) is 0 Å². The molecule has 1 unspecified atom stereocenters. The van der Waals surface area contributed by atoms with Gasteiger partial charge in [0.05, 0.1) is 5.41 Å². The second kappa shape index (κ2) is 6.76. The average Bonchev–Trinajstić information content (AvgIpc) is 2.75. The Balaban J connectivity index is 2.45. The van der Waals surface area contributed by atoms with Crippen LogP contribution in [0.1, 0.15) is 65.2 Å². The minimum atomic E-state index is -0.809. The second-order valence-electron chi connectivity index (χ2n) is 5.58. The van der Waals surface area contributed by atoms with E-state index < -0.39 is 11.4 Å². The van der Waals surface area contributed by atoms with Crippen LogP contribution in [0.2, 0.25) is 0 Å². The van der Waals surface area contributed by atoms with Gasteiger partial charge in [0.2, 0.25) is 5.91 Å². The van der Waals surface area contributed by atoms with E-state index in [1.807, 2.05) is 6.92 Å². The summed E-state index contributed by atoms with van der Waals surface area (Å²) >= 11 is 0. The zero-order valence-corrected chi connectivity index (χ0v) is 11.5. The molecule has 1 fully saturated rings. The second-order valence-corrected chi connectivity index (χ2v) is 5.58. The highest BCUT2D eigenvalue weighted by molar-refractivity contribution is 5.85. The predicted octanol–water partition coefficient (Wildman–Crippen LogP) is 2.72. The number of hydrogen-bond donors (Lipinski definition) is 2. The van der Waals surface area contributed by atoms with E-state index >= 15 is 0 Å². The number of carbonyl (C=O) groups excluding carboxylic acids is 1. The Bertz CT molecular complexity index is 295. The van der Waals surface area contributed by atoms with E-state index in [4.69, 9.17) is 0 Å². The maximum Gasteiger partial charge on any atom is 0.310 e. The van der Waals surface area contributed by atoms with Gasteiger partial charge in [0, 0.05) is 12.5 Å². The topological polar surface area (TPSA) is 66.4 Å². The molecule has 1 aliphatic rings. The molecule has 0 bridgehead atoms. The number of nitrogens with one attached hydrogen (secondary N) is 1. The zero-order chi connectivity index (χ0) is 13.6. The predicted molar refractivity (Wildman–Crippen MR) is 70.3 cm³/mol. The first-order chi connectivity index (χ1) is 8.50. The Morgan fingerprint density at radius 3 is 2.44 bits per heavy atom. The first-order valence-electron chi connectivity index (χ1n) is 7.03. The van der Waals surface area contributed by atoms with Gasteiger partial charge in [-0.15, -0.1) is 0 Å². The number of carboxylic acid groups (broad SMARTS) is 1. The number of carbonyl (C=O) groups is 2. The molecule has 0 aromatic carbocycles. The van der Waals surface area contributed by atoms with Gasteiger partial charge >= 0.3 is 5.97 Å². The van der Waals surface area contributed by atoms with Crippen LogP contribution < -0.4 is 5.32 Å². The number of hydrogen-bond acceptors (Lipinski definition) is 2. The van der Waals surface area contributed by atoms with Gasteiger partial charge < -0.3 is 10.4 Å². The van der Waals surface area contributed by atoms with Crippen molar-refractivity contribution in [2.45, 2.75) is 71.3 Å². The van der Waals surface area contributed by atoms with Gasteiger partial charge in [-0.05, 0) is 26.2 Å². The number of amides is 1. The third-order valence-corrected chi connectivity index (χ3v) is 3.91. The SMILES string of the molecule is CCCCC(C)NC(=O)CC1(C(=O)O)CCCC1. The summed E-state index contributed by atoms with van der Waals surface area (Å²) in [5.74, 6) is -0.917. The van der Waals surface area contributed by atoms with Crippen molar-refractivity contribution in [1.29, 1.82) is 0 Å². The molecule has 0 aliphatic heterocycles. The van der Waals surface area contributed by atoms with Crippen LogP contribution in [0, 0.1) is 5.41 Å². The van der Waals surface area contributed by atoms with E-state index in [0.717, 1.165) is 32.1 Å². The van der Waals surface area contributed by atoms with Gasteiger partial charge in [-0.25, -0.2) is 0 Å². The van der Waals surface area contributed by atoms with E-state index in [1.54, 1.807) is 0 Å². The van der Waals surface area contributed by atoms with E-state index in [-0.39, 0.29) is 18.4 Å². The molecule has 104 valence electrons. The fraction of sp³-hybridized carbons (Fsp3) is 0.857. The monoisotopic (exact) mass is 255 g/mol. The van der Waals surface area contributed by atoms with Crippen LogP contribution in [0.15, 0.2) is 0 Å². The minimum absolute atomic E-state index is 0.108. The molecule has 1 atom stereocenters. The summed E-state index contributed by atoms with van der Waals surface area (Å²) in [6.07, 6.45) is 6.42. The van der Waals surface area contributed by atoms with Crippen molar-refractivity contribution < 1.29 is 14.7 Å². The summed E-state index contributed by atoms with van der Waals surface area (Å²) in [4.78, 5) is 23.2. The molecule has 1 amide bonds. The van der Waals surface area contributed by atoms with Crippen molar-refractivity contribution in [3.63, 3.8) is 0 Å². The summed E-state index contributed by atoms with van der Waals surface area (Å²) in [5, 5.41) is 12.2. The lowest BCUT2D eigenvalue weighted by Gasteiger charge is -2.24. The van der Waals surface area contributed by atoms with Crippen LogP contribution in [-0.4, -0.2) is 23.0 Å². The van der Waals surface area contributed by atoms with Crippen molar-refractivity contribution in [2.75, 3.05) is 0 Å². The smallest absolute Gasteiger partial charge is 0.310 e. The van der Waals surface area contributed by atoms with Crippen LogP contribution in [0.5, 0.6) is 0 Å². The van der Waals surface area contributed by atoms with Crippen LogP contribution in [0.3, 0.4) is 0 Å². The highest BCUT2D eigenvalue weighted by Gasteiger charge is 2.42. The van der Waals surface area contributed by atoms with Gasteiger partial charge in [0.25, 0.3) is 0 Å². The Morgan fingerprint density at radius 1 is 1.33 bits per heavy atom. The molecule has 0 aromatic heterocycles. The number of rotatable bonds is 7. The molecular weight excluding hydrogens is 230 g/mol. The Hall–Kier alpha value is -1.06. The molecule has 18 heavy (non-hydrogen) atoms. The summed E-state index contributed by atoms with van der Waals surface area (Å²) in [6, 6.07) is 0.143. The zero-order valence-electron chi connectivity index (χ0n) is 11.5. The summed E-state index contributed by atoms with van der Waals surface area (Å²) in [7, 11) is 0.